The van der Waals surface area contributed by atoms with Gasteiger partial charge in [0.2, 0.25) is 0 Å². The molecule has 2 aliphatic rings. The number of methoxy groups -OCH3 is 1. The Morgan fingerprint density at radius 2 is 2.03 bits per heavy atom. The fourth-order valence-corrected chi connectivity index (χ4v) is 6.12. The first-order valence-corrected chi connectivity index (χ1v) is 14.5. The van der Waals surface area contributed by atoms with Crippen molar-refractivity contribution in [2.24, 2.45) is 22.7 Å². The monoisotopic (exact) mass is 485 g/mol. The molecule has 2 fully saturated rings. The number of nitrogens with one attached hydrogen (secondary N) is 3. The van der Waals surface area contributed by atoms with Crippen molar-refractivity contribution in [2.45, 2.75) is 78.7 Å². The average Bonchev–Trinajstić information content (AvgIpc) is 3.29. The van der Waals surface area contributed by atoms with Gasteiger partial charge in [-0.1, -0.05) is 0 Å². The Hall–Kier alpha value is -1.22. The number of rotatable bonds is 13. The third-order valence-corrected chi connectivity index (χ3v) is 8.43. The molecule has 5 atom stereocenters. The van der Waals surface area contributed by atoms with E-state index in [-0.39, 0.29) is 17.4 Å². The van der Waals surface area contributed by atoms with E-state index in [1.165, 1.54) is 37.3 Å². The topological polar surface area (TPSA) is 105 Å². The number of hydrogen-bond donors (Lipinski definition) is 3. The van der Waals surface area contributed by atoms with Crippen molar-refractivity contribution in [1.82, 2.24) is 16.0 Å². The van der Waals surface area contributed by atoms with Crippen LogP contribution in [0, 0.1) is 22.7 Å². The van der Waals surface area contributed by atoms with Crippen molar-refractivity contribution in [3.63, 3.8) is 0 Å². The van der Waals surface area contributed by atoms with Crippen LogP contribution in [0.15, 0.2) is 23.5 Å². The molecule has 0 aromatic rings. The van der Waals surface area contributed by atoms with Crippen LogP contribution in [0.4, 0.5) is 0 Å². The maximum atomic E-state index is 14.0. The summed E-state index contributed by atoms with van der Waals surface area (Å²) in [5.41, 5.74) is -0.718. The molecule has 0 aromatic heterocycles. The summed E-state index contributed by atoms with van der Waals surface area (Å²) in [6.07, 6.45) is 12.4. The van der Waals surface area contributed by atoms with Crippen LogP contribution < -0.4 is 16.0 Å². The summed E-state index contributed by atoms with van der Waals surface area (Å²) in [7, 11) is -1.02. The van der Waals surface area contributed by atoms with Crippen LogP contribution in [0.2, 0.25) is 0 Å². The Kier molecular flexibility index (Phi) is 10.2. The summed E-state index contributed by atoms with van der Waals surface area (Å²) in [4.78, 5) is 14.0. The quantitative estimate of drug-likeness (QED) is 0.342. The van der Waals surface area contributed by atoms with E-state index >= 15 is 0 Å². The maximum absolute atomic E-state index is 14.0. The van der Waals surface area contributed by atoms with Crippen LogP contribution in [0.1, 0.15) is 72.6 Å². The van der Waals surface area contributed by atoms with Crippen LogP contribution in [-0.4, -0.2) is 43.0 Å². The molecule has 0 bridgehead atoms. The van der Waals surface area contributed by atoms with E-state index < -0.39 is 15.5 Å². The minimum atomic E-state index is -2.69. The first kappa shape index (κ1) is 28.0. The van der Waals surface area contributed by atoms with Gasteiger partial charge >= 0.3 is 176 Å². The zero-order valence-electron chi connectivity index (χ0n) is 21.5. The Morgan fingerprint density at radius 1 is 1.36 bits per heavy atom. The van der Waals surface area contributed by atoms with Gasteiger partial charge < -0.3 is 4.74 Å². The molecule has 0 spiro atoms. The molecular formula is C25H47N3O4S+2. The van der Waals surface area contributed by atoms with Crippen LogP contribution in [0.5, 0.6) is 0 Å². The second-order valence-electron chi connectivity index (χ2n) is 10.3. The van der Waals surface area contributed by atoms with E-state index in [0.717, 1.165) is 12.8 Å². The first-order chi connectivity index (χ1) is 15.5. The van der Waals surface area contributed by atoms with Gasteiger partial charge in [-0.2, -0.15) is 0 Å². The molecule has 0 radical (unpaired) electrons. The van der Waals surface area contributed by atoms with Gasteiger partial charge in [0.15, 0.2) is 0 Å². The van der Waals surface area contributed by atoms with Gasteiger partial charge in [-0.3, -0.25) is 0 Å². The molecule has 2 aliphatic carbocycles. The fourth-order valence-electron chi connectivity index (χ4n) is 5.66. The SMILES string of the molecule is CCN/C(=C\N[C@H](C)COC)NC(=O)C1([C@@](C)(CC)C/C=C/S(C)(#[O+])[OH2+])CC1C1CCCC1. The fraction of sp³-hybridized carbons (Fsp3) is 0.800. The van der Waals surface area contributed by atoms with Crippen molar-refractivity contribution >= 4 is 16.0 Å². The van der Waals surface area contributed by atoms with Gasteiger partial charge in [0.1, 0.15) is 0 Å². The molecule has 7 nitrogen and oxygen atoms in total. The third kappa shape index (κ3) is 7.13. The standard InChI is InChI=1S/C25H45N3O4S/c1-7-24(4,14-11-15-33(6,30)31)25(16-21(25)20-12-9-10-13-20)23(29)28-22(26-8-2)17-27-19(3)18-32-5/h11,15,17,19-21,26-27H,7-10,12-14,16,18H2,1-6H3,(H-,28,29,30)/p+2/b15-11+,22-17+/t19-,21?,24+,25?/m1/s1. The molecule has 2 saturated carbocycles. The summed E-state index contributed by atoms with van der Waals surface area (Å²) >= 11 is 0. The summed E-state index contributed by atoms with van der Waals surface area (Å²) in [6.45, 7) is 9.66. The van der Waals surface area contributed by atoms with E-state index in [9.17, 15) is 8.84 Å². The molecule has 0 heterocycles. The molecule has 3 unspecified atom stereocenters. The van der Waals surface area contributed by atoms with Gasteiger partial charge in [0, 0.05) is 7.11 Å². The Labute approximate surface area is 201 Å². The summed E-state index contributed by atoms with van der Waals surface area (Å²) in [5.74, 6) is 1.74. The third-order valence-electron chi connectivity index (χ3n) is 7.71. The van der Waals surface area contributed by atoms with Crippen LogP contribution in [0.3, 0.4) is 0 Å². The van der Waals surface area contributed by atoms with Crippen molar-refractivity contribution < 1.29 is 18.1 Å². The molecule has 2 rings (SSSR count). The number of ether oxygens (including phenoxy) is 1. The van der Waals surface area contributed by atoms with Gasteiger partial charge in [-0.25, -0.2) is 0 Å². The normalized spacial score (nSPS) is 28.2. The number of allylic oxidation sites excluding steroid dienone is 1. The Bertz CT molecular complexity index is 818. The number of amides is 1. The average molecular weight is 486 g/mol. The van der Waals surface area contributed by atoms with Crippen LogP contribution in [-0.2, 0) is 13.6 Å². The van der Waals surface area contributed by atoms with Crippen LogP contribution in [0.25, 0.3) is 0 Å². The summed E-state index contributed by atoms with van der Waals surface area (Å²) in [6, 6.07) is 0.126. The van der Waals surface area contributed by atoms with E-state index in [1.807, 2.05) is 26.1 Å². The number of hydrogen-bond acceptors (Lipinski definition) is 4. The van der Waals surface area contributed by atoms with Crippen molar-refractivity contribution in [1.29, 1.82) is 0 Å². The molecule has 0 aromatic carbocycles. The molecule has 33 heavy (non-hydrogen) atoms. The molecule has 1 amide bonds. The summed E-state index contributed by atoms with van der Waals surface area (Å²) < 4.78 is 24.8. The number of carbonyl (C=O) groups is 1. The van der Waals surface area contributed by atoms with Gasteiger partial charge in [-0.15, -0.1) is 0 Å². The van der Waals surface area contributed by atoms with Gasteiger partial charge in [0.25, 0.3) is 0 Å². The predicted octanol–water partition coefficient (Wildman–Crippen LogP) is 4.07. The van der Waals surface area contributed by atoms with E-state index in [4.69, 9.17) is 9.29 Å². The Balaban J connectivity index is 2.30. The molecule has 0 saturated heterocycles. The Morgan fingerprint density at radius 3 is 2.58 bits per heavy atom. The van der Waals surface area contributed by atoms with Crippen molar-refractivity contribution in [2.75, 3.05) is 26.5 Å². The summed E-state index contributed by atoms with van der Waals surface area (Å²) in [5, 5.41) is 11.3. The molecule has 5 N–H and O–H groups in total. The first-order valence-electron chi connectivity index (χ1n) is 12.4. The van der Waals surface area contributed by atoms with E-state index in [0.29, 0.717) is 37.2 Å². The molecule has 190 valence electrons. The molecule has 8 heteroatoms. The van der Waals surface area contributed by atoms with E-state index in [2.05, 4.69) is 29.8 Å². The van der Waals surface area contributed by atoms with Crippen molar-refractivity contribution in [3.8, 4) is 0 Å². The zero-order chi connectivity index (χ0) is 24.7. The number of carbonyl (C=O) groups excluding carboxylic acids is 1. The van der Waals surface area contributed by atoms with Gasteiger partial charge in [-0.05, 0) is 6.92 Å². The molecular weight excluding hydrogens is 438 g/mol. The second kappa shape index (κ2) is 12.0. The van der Waals surface area contributed by atoms with Crippen molar-refractivity contribution in [3.05, 3.63) is 23.5 Å². The second-order valence-corrected chi connectivity index (χ2v) is 12.4. The van der Waals surface area contributed by atoms with E-state index in [1.54, 1.807) is 7.11 Å². The minimum absolute atomic E-state index is 0.0775. The zero-order valence-corrected chi connectivity index (χ0v) is 22.3. The predicted molar refractivity (Wildman–Crippen MR) is 137 cm³/mol. The molecule has 0 aliphatic heterocycles. The van der Waals surface area contributed by atoms with Gasteiger partial charge in [0.05, 0.1) is 6.61 Å². The van der Waals surface area contributed by atoms with Crippen LogP contribution >= 0.6 is 10.1 Å².